The van der Waals surface area contributed by atoms with Crippen molar-refractivity contribution in [3.63, 3.8) is 0 Å². The number of nitrogens with zero attached hydrogens (tertiary/aromatic N) is 4. The molecular formula is C11H12ClN5O2. The molecule has 1 fully saturated rings. The van der Waals surface area contributed by atoms with E-state index in [9.17, 15) is 5.11 Å². The van der Waals surface area contributed by atoms with Crippen LogP contribution in [0.1, 0.15) is 6.04 Å². The minimum Gasteiger partial charge on any atom is -0.393 e. The van der Waals surface area contributed by atoms with Gasteiger partial charge >= 0.3 is 0 Å². The number of hydrogen-bond acceptors (Lipinski definition) is 6. The van der Waals surface area contributed by atoms with Crippen molar-refractivity contribution in [3.05, 3.63) is 23.6 Å². The molecule has 3 N–H and O–H groups in total. The molecular weight excluding hydrogens is 270 g/mol. The first kappa shape index (κ1) is 12.3. The topological polar surface area (TPSA) is 99.1 Å². The normalized spacial score (nSPS) is 23.4. The number of aliphatic hydroxyl groups is 1. The minimum atomic E-state index is -0.364. The van der Waals surface area contributed by atoms with Gasteiger partial charge in [-0.15, -0.1) is 0 Å². The smallest absolute Gasteiger partial charge is 0.223 e. The van der Waals surface area contributed by atoms with Crippen LogP contribution in [0.25, 0.3) is 11.2 Å². The van der Waals surface area contributed by atoms with Crippen LogP contribution >= 0.6 is 11.6 Å². The van der Waals surface area contributed by atoms with Gasteiger partial charge in [0.15, 0.2) is 10.8 Å². The lowest BCUT2D eigenvalue weighted by atomic mass is 10.1. The van der Waals surface area contributed by atoms with E-state index in [4.69, 9.17) is 22.1 Å². The molecule has 2 aromatic rings. The molecule has 1 aliphatic rings. The van der Waals surface area contributed by atoms with E-state index in [0.29, 0.717) is 17.8 Å². The summed E-state index contributed by atoms with van der Waals surface area (Å²) in [4.78, 5) is 12.2. The molecule has 2 aromatic heterocycles. The van der Waals surface area contributed by atoms with Gasteiger partial charge in [0, 0.05) is 0 Å². The molecule has 0 aromatic carbocycles. The molecule has 0 unspecified atom stereocenters. The van der Waals surface area contributed by atoms with Crippen LogP contribution in [0.3, 0.4) is 0 Å². The summed E-state index contributed by atoms with van der Waals surface area (Å²) in [5.41, 5.74) is 7.39. The van der Waals surface area contributed by atoms with Crippen molar-refractivity contribution < 1.29 is 9.84 Å². The third kappa shape index (κ3) is 1.86. The van der Waals surface area contributed by atoms with E-state index >= 15 is 0 Å². The largest absolute Gasteiger partial charge is 0.393 e. The second kappa shape index (κ2) is 4.44. The number of nitrogen functional groups attached to an aromatic ring is 1. The molecule has 0 aliphatic carbocycles. The summed E-state index contributed by atoms with van der Waals surface area (Å²) >= 11 is 5.97. The van der Waals surface area contributed by atoms with Crippen molar-refractivity contribution in [3.8, 4) is 0 Å². The summed E-state index contributed by atoms with van der Waals surface area (Å²) in [6, 6.07) is -0.146. The number of nitrogens with two attached hydrogens (primary N) is 1. The Morgan fingerprint density at radius 1 is 1.58 bits per heavy atom. The highest BCUT2D eigenvalue weighted by atomic mass is 35.5. The molecule has 0 amide bonds. The number of rotatable bonds is 2. The van der Waals surface area contributed by atoms with Gasteiger partial charge in [0.1, 0.15) is 11.6 Å². The Bertz CT molecular complexity index is 656. The Morgan fingerprint density at radius 2 is 2.37 bits per heavy atom. The summed E-state index contributed by atoms with van der Waals surface area (Å²) in [7, 11) is 0. The zero-order chi connectivity index (χ0) is 13.6. The fourth-order valence-electron chi connectivity index (χ4n) is 2.19. The molecule has 19 heavy (non-hydrogen) atoms. The number of halogens is 1. The molecule has 8 heteroatoms. The van der Waals surface area contributed by atoms with E-state index in [1.54, 1.807) is 10.9 Å². The number of aromatic nitrogens is 4. The van der Waals surface area contributed by atoms with Gasteiger partial charge in [-0.25, -0.2) is 4.98 Å². The Kier molecular flexibility index (Phi) is 2.89. The fourth-order valence-corrected chi connectivity index (χ4v) is 2.41. The lowest BCUT2D eigenvalue weighted by Crippen LogP contribution is -2.15. The van der Waals surface area contributed by atoms with E-state index < -0.39 is 0 Å². The van der Waals surface area contributed by atoms with Gasteiger partial charge in [-0.05, 0) is 5.57 Å². The molecule has 3 rings (SSSR count). The van der Waals surface area contributed by atoms with E-state index in [0.717, 1.165) is 5.57 Å². The van der Waals surface area contributed by atoms with Crippen molar-refractivity contribution in [2.24, 2.45) is 0 Å². The molecule has 0 saturated carbocycles. The summed E-state index contributed by atoms with van der Waals surface area (Å²) in [6.45, 7) is 4.26. The van der Waals surface area contributed by atoms with E-state index in [1.165, 1.54) is 0 Å². The van der Waals surface area contributed by atoms with E-state index in [1.807, 2.05) is 0 Å². The first-order chi connectivity index (χ1) is 9.11. The molecule has 1 aliphatic heterocycles. The molecule has 1 saturated heterocycles. The number of ether oxygens (including phenoxy) is 1. The third-order valence-corrected chi connectivity index (χ3v) is 3.46. The zero-order valence-electron chi connectivity index (χ0n) is 9.95. The van der Waals surface area contributed by atoms with Crippen LogP contribution in [0, 0.1) is 0 Å². The predicted molar refractivity (Wildman–Crippen MR) is 69.7 cm³/mol. The first-order valence-corrected chi connectivity index (χ1v) is 6.06. The highest BCUT2D eigenvalue weighted by molar-refractivity contribution is 6.33. The standard InChI is InChI=1S/C11H12ClN5O2/c1-5-6(3-19-7(5)2-18)17-4-14-8-9(12)15-11(13)16-10(8)17/h4,6-7,18H,1-3H2,(H2,13,15,16)/t6-,7-/m1/s1. The molecule has 7 nitrogen and oxygen atoms in total. The van der Waals surface area contributed by atoms with E-state index in [2.05, 4.69) is 21.5 Å². The Balaban J connectivity index is 2.09. The molecule has 0 radical (unpaired) electrons. The van der Waals surface area contributed by atoms with Crippen molar-refractivity contribution in [2.45, 2.75) is 12.1 Å². The van der Waals surface area contributed by atoms with Crippen LogP contribution in [0.4, 0.5) is 5.95 Å². The average Bonchev–Trinajstić information content (AvgIpc) is 2.92. The Hall–Kier alpha value is -1.70. The summed E-state index contributed by atoms with van der Waals surface area (Å²) in [5.74, 6) is 0.0856. The summed E-state index contributed by atoms with van der Waals surface area (Å²) in [6.07, 6.45) is 1.24. The van der Waals surface area contributed by atoms with Crippen molar-refractivity contribution >= 4 is 28.7 Å². The van der Waals surface area contributed by atoms with Crippen LogP contribution in [0.2, 0.25) is 5.15 Å². The van der Waals surface area contributed by atoms with Crippen LogP contribution in [-0.2, 0) is 4.74 Å². The molecule has 3 heterocycles. The Labute approximate surface area is 113 Å². The van der Waals surface area contributed by atoms with Crippen LogP contribution < -0.4 is 5.73 Å². The van der Waals surface area contributed by atoms with Gasteiger partial charge in [0.05, 0.1) is 25.6 Å². The SMILES string of the molecule is C=C1[C@H](n2cnc3c(Cl)nc(N)nc32)CO[C@@H]1CO. The second-order valence-corrected chi connectivity index (χ2v) is 4.65. The summed E-state index contributed by atoms with van der Waals surface area (Å²) in [5, 5.41) is 9.39. The quantitative estimate of drug-likeness (QED) is 0.616. The first-order valence-electron chi connectivity index (χ1n) is 5.68. The fraction of sp³-hybridized carbons (Fsp3) is 0.364. The maximum atomic E-state index is 9.18. The molecule has 0 bridgehead atoms. The number of imidazole rings is 1. The van der Waals surface area contributed by atoms with E-state index in [-0.39, 0.29) is 29.9 Å². The number of anilines is 1. The highest BCUT2D eigenvalue weighted by Gasteiger charge is 2.32. The monoisotopic (exact) mass is 281 g/mol. The third-order valence-electron chi connectivity index (χ3n) is 3.19. The maximum Gasteiger partial charge on any atom is 0.223 e. The second-order valence-electron chi connectivity index (χ2n) is 4.29. The molecule has 0 spiro atoms. The predicted octanol–water partition coefficient (Wildman–Crippen LogP) is 0.550. The van der Waals surface area contributed by atoms with Gasteiger partial charge in [0.25, 0.3) is 0 Å². The van der Waals surface area contributed by atoms with Gasteiger partial charge in [-0.2, -0.15) is 9.97 Å². The van der Waals surface area contributed by atoms with Crippen molar-refractivity contribution in [1.82, 2.24) is 19.5 Å². The molecule has 100 valence electrons. The number of hydrogen-bond donors (Lipinski definition) is 2. The number of fused-ring (bicyclic) bond motifs is 1. The highest BCUT2D eigenvalue weighted by Crippen LogP contribution is 2.32. The van der Waals surface area contributed by atoms with Gasteiger partial charge in [-0.1, -0.05) is 18.2 Å². The maximum absolute atomic E-state index is 9.18. The minimum absolute atomic E-state index is 0.0856. The van der Waals surface area contributed by atoms with Crippen LogP contribution in [-0.4, -0.2) is 43.9 Å². The van der Waals surface area contributed by atoms with Gasteiger partial charge in [0.2, 0.25) is 5.95 Å². The zero-order valence-corrected chi connectivity index (χ0v) is 10.7. The van der Waals surface area contributed by atoms with Gasteiger partial charge in [-0.3, -0.25) is 0 Å². The molecule has 2 atom stereocenters. The number of aliphatic hydroxyl groups excluding tert-OH is 1. The summed E-state index contributed by atoms with van der Waals surface area (Å²) < 4.78 is 7.24. The lowest BCUT2D eigenvalue weighted by Gasteiger charge is -2.13. The van der Waals surface area contributed by atoms with Gasteiger partial charge < -0.3 is 20.1 Å². The van der Waals surface area contributed by atoms with Crippen LogP contribution in [0.15, 0.2) is 18.5 Å². The van der Waals surface area contributed by atoms with Crippen molar-refractivity contribution in [2.75, 3.05) is 18.9 Å². The Morgan fingerprint density at radius 3 is 3.05 bits per heavy atom. The van der Waals surface area contributed by atoms with Crippen molar-refractivity contribution in [1.29, 1.82) is 0 Å². The lowest BCUT2D eigenvalue weighted by molar-refractivity contribution is 0.0689. The van der Waals surface area contributed by atoms with Crippen LogP contribution in [0.5, 0.6) is 0 Å². The average molecular weight is 282 g/mol.